The smallest absolute Gasteiger partial charge is 0.219 e. The molecule has 2 heterocycles. The number of amides is 1. The van der Waals surface area contributed by atoms with Crippen LogP contribution in [0.2, 0.25) is 0 Å². The number of hydrogen-bond donors (Lipinski definition) is 0. The van der Waals surface area contributed by atoms with Crippen LogP contribution in [0.25, 0.3) is 0 Å². The Labute approximate surface area is 137 Å². The van der Waals surface area contributed by atoms with Crippen LogP contribution in [0.1, 0.15) is 43.4 Å². The summed E-state index contributed by atoms with van der Waals surface area (Å²) in [6, 6.07) is 14.1. The lowest BCUT2D eigenvalue weighted by atomic mass is 9.96. The number of piperidine rings is 1. The molecule has 2 aromatic rings. The van der Waals surface area contributed by atoms with Gasteiger partial charge in [0, 0.05) is 25.7 Å². The lowest BCUT2D eigenvalue weighted by molar-refractivity contribution is -0.132. The SMILES string of the molecule is CC(=O)N1CCCC[C@@H]1c1ccc(OCc2ccccc2)nc1. The third-order valence-corrected chi connectivity index (χ3v) is 4.28. The van der Waals surface area contributed by atoms with Crippen LogP contribution in [-0.4, -0.2) is 22.3 Å². The minimum Gasteiger partial charge on any atom is -0.473 e. The van der Waals surface area contributed by atoms with Gasteiger partial charge in [0.25, 0.3) is 0 Å². The second-order valence-electron chi connectivity index (χ2n) is 5.93. The third kappa shape index (κ3) is 3.89. The fraction of sp³-hybridized carbons (Fsp3) is 0.368. The summed E-state index contributed by atoms with van der Waals surface area (Å²) in [5.74, 6) is 0.752. The molecule has 4 nitrogen and oxygen atoms in total. The van der Waals surface area contributed by atoms with Crippen molar-refractivity contribution in [2.45, 2.75) is 38.8 Å². The van der Waals surface area contributed by atoms with Gasteiger partial charge in [-0.05, 0) is 30.4 Å². The van der Waals surface area contributed by atoms with Crippen molar-refractivity contribution in [3.05, 3.63) is 59.8 Å². The van der Waals surface area contributed by atoms with Crippen molar-refractivity contribution in [2.75, 3.05) is 6.54 Å². The third-order valence-electron chi connectivity index (χ3n) is 4.28. The van der Waals surface area contributed by atoms with Crippen LogP contribution in [0, 0.1) is 0 Å². The monoisotopic (exact) mass is 310 g/mol. The van der Waals surface area contributed by atoms with E-state index in [0.29, 0.717) is 12.5 Å². The summed E-state index contributed by atoms with van der Waals surface area (Å²) < 4.78 is 5.72. The van der Waals surface area contributed by atoms with Crippen LogP contribution in [0.4, 0.5) is 0 Å². The summed E-state index contributed by atoms with van der Waals surface area (Å²) in [6.07, 6.45) is 5.08. The van der Waals surface area contributed by atoms with Crippen LogP contribution in [-0.2, 0) is 11.4 Å². The second kappa shape index (κ2) is 7.27. The van der Waals surface area contributed by atoms with E-state index in [9.17, 15) is 4.79 Å². The van der Waals surface area contributed by atoms with Crippen LogP contribution in [0.15, 0.2) is 48.7 Å². The number of carbonyl (C=O) groups is 1. The van der Waals surface area contributed by atoms with Gasteiger partial charge >= 0.3 is 0 Å². The Balaban J connectivity index is 1.65. The van der Waals surface area contributed by atoms with Gasteiger partial charge in [-0.3, -0.25) is 4.79 Å². The van der Waals surface area contributed by atoms with Gasteiger partial charge in [0.2, 0.25) is 11.8 Å². The van der Waals surface area contributed by atoms with E-state index in [1.165, 1.54) is 0 Å². The summed E-state index contributed by atoms with van der Waals surface area (Å²) in [5.41, 5.74) is 2.21. The zero-order valence-electron chi connectivity index (χ0n) is 13.4. The summed E-state index contributed by atoms with van der Waals surface area (Å²) >= 11 is 0. The Morgan fingerprint density at radius 2 is 2.04 bits per heavy atom. The predicted molar refractivity (Wildman–Crippen MR) is 89.0 cm³/mol. The van der Waals surface area contributed by atoms with E-state index < -0.39 is 0 Å². The first kappa shape index (κ1) is 15.5. The molecule has 1 aromatic carbocycles. The van der Waals surface area contributed by atoms with E-state index in [2.05, 4.69) is 4.98 Å². The molecule has 1 aromatic heterocycles. The van der Waals surface area contributed by atoms with Crippen molar-refractivity contribution in [3.8, 4) is 5.88 Å². The van der Waals surface area contributed by atoms with E-state index in [4.69, 9.17) is 4.74 Å². The van der Waals surface area contributed by atoms with Crippen LogP contribution in [0.5, 0.6) is 5.88 Å². The number of rotatable bonds is 4. The number of pyridine rings is 1. The van der Waals surface area contributed by atoms with E-state index in [1.807, 2.05) is 53.6 Å². The Bertz CT molecular complexity index is 640. The Hall–Kier alpha value is -2.36. The van der Waals surface area contributed by atoms with Gasteiger partial charge in [-0.25, -0.2) is 4.98 Å². The molecular weight excluding hydrogens is 288 g/mol. The molecule has 1 aliphatic heterocycles. The van der Waals surface area contributed by atoms with Gasteiger partial charge < -0.3 is 9.64 Å². The predicted octanol–water partition coefficient (Wildman–Crippen LogP) is 3.73. The van der Waals surface area contributed by atoms with E-state index in [-0.39, 0.29) is 11.9 Å². The first-order valence-electron chi connectivity index (χ1n) is 8.14. The Kier molecular flexibility index (Phi) is 4.91. The van der Waals surface area contributed by atoms with E-state index >= 15 is 0 Å². The fourth-order valence-corrected chi connectivity index (χ4v) is 3.06. The number of ether oxygens (including phenoxy) is 1. The molecule has 0 radical (unpaired) electrons. The van der Waals surface area contributed by atoms with Crippen molar-refractivity contribution in [2.24, 2.45) is 0 Å². The quantitative estimate of drug-likeness (QED) is 0.864. The Morgan fingerprint density at radius 3 is 2.74 bits per heavy atom. The summed E-state index contributed by atoms with van der Waals surface area (Å²) in [6.45, 7) is 2.99. The Morgan fingerprint density at radius 1 is 1.22 bits per heavy atom. The highest BCUT2D eigenvalue weighted by atomic mass is 16.5. The van der Waals surface area contributed by atoms with Crippen molar-refractivity contribution in [1.82, 2.24) is 9.88 Å². The number of likely N-dealkylation sites (tertiary alicyclic amines) is 1. The van der Waals surface area contributed by atoms with Crippen LogP contribution in [0.3, 0.4) is 0 Å². The average Bonchev–Trinajstić information content (AvgIpc) is 2.61. The lowest BCUT2D eigenvalue weighted by Gasteiger charge is -2.35. The maximum absolute atomic E-state index is 11.8. The molecule has 0 N–H and O–H groups in total. The average molecular weight is 310 g/mol. The fourth-order valence-electron chi connectivity index (χ4n) is 3.06. The largest absolute Gasteiger partial charge is 0.473 e. The zero-order chi connectivity index (χ0) is 16.1. The number of carbonyl (C=O) groups excluding carboxylic acids is 1. The molecule has 1 saturated heterocycles. The minimum atomic E-state index is 0.138. The summed E-state index contributed by atoms with van der Waals surface area (Å²) in [5, 5.41) is 0. The van der Waals surface area contributed by atoms with Crippen molar-refractivity contribution in [1.29, 1.82) is 0 Å². The minimum absolute atomic E-state index is 0.138. The van der Waals surface area contributed by atoms with E-state index in [1.54, 1.807) is 6.92 Å². The lowest BCUT2D eigenvalue weighted by Crippen LogP contribution is -2.36. The highest BCUT2D eigenvalue weighted by Gasteiger charge is 2.25. The topological polar surface area (TPSA) is 42.4 Å². The van der Waals surface area contributed by atoms with Crippen molar-refractivity contribution >= 4 is 5.91 Å². The van der Waals surface area contributed by atoms with Gasteiger partial charge in [0.15, 0.2) is 0 Å². The number of hydrogen-bond acceptors (Lipinski definition) is 3. The van der Waals surface area contributed by atoms with E-state index in [0.717, 1.165) is 36.9 Å². The molecule has 0 saturated carbocycles. The van der Waals surface area contributed by atoms with Gasteiger partial charge in [-0.2, -0.15) is 0 Å². The number of aromatic nitrogens is 1. The number of nitrogens with zero attached hydrogens (tertiary/aromatic N) is 2. The molecule has 4 heteroatoms. The highest BCUT2D eigenvalue weighted by Crippen LogP contribution is 2.31. The standard InChI is InChI=1S/C19H22N2O2/c1-15(22)21-12-6-5-9-18(21)17-10-11-19(20-13-17)23-14-16-7-3-2-4-8-16/h2-4,7-8,10-11,13,18H,5-6,9,12,14H2,1H3/t18-/m1/s1. The molecule has 1 aliphatic rings. The van der Waals surface area contributed by atoms with Gasteiger partial charge in [0.05, 0.1) is 6.04 Å². The van der Waals surface area contributed by atoms with Crippen LogP contribution >= 0.6 is 0 Å². The first-order chi connectivity index (χ1) is 11.2. The number of benzene rings is 1. The molecule has 0 aliphatic carbocycles. The van der Waals surface area contributed by atoms with Gasteiger partial charge in [-0.1, -0.05) is 36.4 Å². The first-order valence-corrected chi connectivity index (χ1v) is 8.14. The second-order valence-corrected chi connectivity index (χ2v) is 5.93. The van der Waals surface area contributed by atoms with Gasteiger partial charge in [0.1, 0.15) is 6.61 Å². The molecule has 120 valence electrons. The molecule has 1 fully saturated rings. The van der Waals surface area contributed by atoms with Crippen molar-refractivity contribution < 1.29 is 9.53 Å². The zero-order valence-corrected chi connectivity index (χ0v) is 13.4. The highest BCUT2D eigenvalue weighted by molar-refractivity contribution is 5.74. The summed E-state index contributed by atoms with van der Waals surface area (Å²) in [4.78, 5) is 18.1. The van der Waals surface area contributed by atoms with Gasteiger partial charge in [-0.15, -0.1) is 0 Å². The molecule has 23 heavy (non-hydrogen) atoms. The molecule has 0 bridgehead atoms. The molecule has 0 unspecified atom stereocenters. The molecule has 0 spiro atoms. The molecule has 3 rings (SSSR count). The normalized spacial score (nSPS) is 17.8. The molecule has 1 atom stereocenters. The maximum atomic E-state index is 11.8. The molecule has 1 amide bonds. The molecular formula is C19H22N2O2. The van der Waals surface area contributed by atoms with Crippen LogP contribution < -0.4 is 4.74 Å². The van der Waals surface area contributed by atoms with Crippen molar-refractivity contribution in [3.63, 3.8) is 0 Å². The maximum Gasteiger partial charge on any atom is 0.219 e. The summed E-state index contributed by atoms with van der Waals surface area (Å²) in [7, 11) is 0.